The molecule has 1 aliphatic heterocycles. The number of aryl methyl sites for hydroxylation is 1. The number of nitrogens with two attached hydrogens (primary N) is 1. The van der Waals surface area contributed by atoms with Crippen LogP contribution in [0.5, 0.6) is 11.5 Å². The maximum absolute atomic E-state index is 13.4. The van der Waals surface area contributed by atoms with Gasteiger partial charge in [-0.25, -0.2) is 0 Å². The van der Waals surface area contributed by atoms with Crippen LogP contribution in [0.25, 0.3) is 0 Å². The first-order valence-electron chi connectivity index (χ1n) is 13.6. The summed E-state index contributed by atoms with van der Waals surface area (Å²) in [6.45, 7) is 3.78. The van der Waals surface area contributed by atoms with Crippen LogP contribution in [0, 0.1) is 18.8 Å². The van der Waals surface area contributed by atoms with Crippen LogP contribution in [0.15, 0.2) is 48.5 Å². The molecule has 0 radical (unpaired) electrons. The van der Waals surface area contributed by atoms with Crippen LogP contribution in [0.2, 0.25) is 0 Å². The highest BCUT2D eigenvalue weighted by Gasteiger charge is 2.44. The zero-order valence-corrected chi connectivity index (χ0v) is 22.1. The average Bonchev–Trinajstić information content (AvgIpc) is 3.25. The molecular formula is C30H42N2O5. The first-order chi connectivity index (χ1) is 17.8. The summed E-state index contributed by atoms with van der Waals surface area (Å²) >= 11 is 0. The van der Waals surface area contributed by atoms with E-state index in [-0.39, 0.29) is 23.8 Å². The van der Waals surface area contributed by atoms with Crippen molar-refractivity contribution in [3.8, 4) is 11.5 Å². The summed E-state index contributed by atoms with van der Waals surface area (Å²) in [5.74, 6) is 1.04. The lowest BCUT2D eigenvalue weighted by molar-refractivity contribution is -0.141. The van der Waals surface area contributed by atoms with Crippen molar-refractivity contribution >= 4 is 5.91 Å². The molecule has 0 bridgehead atoms. The number of hydrogen-bond donors (Lipinski definition) is 3. The second kappa shape index (κ2) is 12.4. The number of rotatable bonds is 10. The highest BCUT2D eigenvalue weighted by Crippen LogP contribution is 2.45. The van der Waals surface area contributed by atoms with Crippen molar-refractivity contribution in [1.82, 2.24) is 4.90 Å². The molecule has 1 aliphatic carbocycles. The number of ether oxygens (including phenoxy) is 2. The van der Waals surface area contributed by atoms with E-state index in [1.54, 1.807) is 7.11 Å². The Bertz CT molecular complexity index is 1040. The Morgan fingerprint density at radius 2 is 1.84 bits per heavy atom. The lowest BCUT2D eigenvalue weighted by Gasteiger charge is -2.44. The maximum atomic E-state index is 13.4. The predicted molar refractivity (Wildman–Crippen MR) is 143 cm³/mol. The third kappa shape index (κ3) is 6.34. The van der Waals surface area contributed by atoms with Crippen LogP contribution in [-0.4, -0.2) is 60.0 Å². The minimum absolute atomic E-state index is 0.0443. The van der Waals surface area contributed by atoms with Crippen molar-refractivity contribution in [1.29, 1.82) is 0 Å². The molecule has 5 atom stereocenters. The molecule has 1 saturated carbocycles. The van der Waals surface area contributed by atoms with E-state index in [2.05, 4.69) is 0 Å². The zero-order chi connectivity index (χ0) is 26.4. The van der Waals surface area contributed by atoms with Gasteiger partial charge in [-0.3, -0.25) is 4.79 Å². The van der Waals surface area contributed by atoms with Crippen molar-refractivity contribution < 1.29 is 24.5 Å². The first-order valence-corrected chi connectivity index (χ1v) is 13.6. The number of amides is 1. The lowest BCUT2D eigenvalue weighted by Crippen LogP contribution is -2.49. The molecule has 1 amide bonds. The van der Waals surface area contributed by atoms with Gasteiger partial charge < -0.3 is 30.3 Å². The van der Waals surface area contributed by atoms with Crippen LogP contribution in [0.3, 0.4) is 0 Å². The number of carbonyl (C=O) groups excluding carboxylic acids is 1. The zero-order valence-electron chi connectivity index (χ0n) is 22.1. The van der Waals surface area contributed by atoms with Gasteiger partial charge in [0.2, 0.25) is 5.91 Å². The third-order valence-electron chi connectivity index (χ3n) is 8.16. The number of piperidine rings is 1. The molecule has 1 unspecified atom stereocenters. The molecule has 7 nitrogen and oxygen atoms in total. The summed E-state index contributed by atoms with van der Waals surface area (Å²) < 4.78 is 11.6. The molecule has 1 heterocycles. The average molecular weight is 511 g/mol. The number of aliphatic hydroxyl groups is 2. The number of carbonyl (C=O) groups is 1. The van der Waals surface area contributed by atoms with E-state index >= 15 is 0 Å². The highest BCUT2D eigenvalue weighted by atomic mass is 16.5. The Balaban J connectivity index is 1.61. The van der Waals surface area contributed by atoms with Crippen molar-refractivity contribution in [2.24, 2.45) is 17.6 Å². The molecular weight excluding hydrogens is 468 g/mol. The fourth-order valence-electron chi connectivity index (χ4n) is 5.98. The number of para-hydroxylation sites is 2. The molecule has 2 aromatic carbocycles. The molecule has 37 heavy (non-hydrogen) atoms. The number of aliphatic hydroxyl groups excluding tert-OH is 1. The standard InChI is InChI=1S/C30H42N2O5/c1-21-10-3-5-13-27(21)37-28-14-6-4-12-24(28)30(35,15-7-8-17-36-2)23-11-9-16-32(20-23)29(34)22-18-25(31)26(33)19-22/h3-6,10,12-14,22-23,25-26,33,35H,7-9,11,15-20,31H2,1-2H3/t22-,23?,25+,26+,30-/m0/s1. The Kier molecular flexibility index (Phi) is 9.24. The SMILES string of the molecule is COCCCC[C@@](O)(c1ccccc1Oc1ccccc1C)C1CCCN(C(=O)[C@H]2C[C@@H](N)[C@H](O)C2)C1. The van der Waals surface area contributed by atoms with Gasteiger partial charge in [-0.2, -0.15) is 0 Å². The van der Waals surface area contributed by atoms with Crippen molar-refractivity contribution in [2.75, 3.05) is 26.8 Å². The number of benzene rings is 2. The predicted octanol–water partition coefficient (Wildman–Crippen LogP) is 4.13. The number of nitrogens with zero attached hydrogens (tertiary/aromatic N) is 1. The van der Waals surface area contributed by atoms with E-state index < -0.39 is 11.7 Å². The Hall–Kier alpha value is -2.45. The second-order valence-electron chi connectivity index (χ2n) is 10.8. The smallest absolute Gasteiger partial charge is 0.225 e. The van der Waals surface area contributed by atoms with Gasteiger partial charge in [-0.05, 0) is 69.6 Å². The second-order valence-corrected chi connectivity index (χ2v) is 10.8. The van der Waals surface area contributed by atoms with Gasteiger partial charge >= 0.3 is 0 Å². The minimum atomic E-state index is -1.17. The summed E-state index contributed by atoms with van der Waals surface area (Å²) in [6, 6.07) is 15.2. The molecule has 4 N–H and O–H groups in total. The van der Waals surface area contributed by atoms with E-state index in [4.69, 9.17) is 15.2 Å². The molecule has 2 aromatic rings. The largest absolute Gasteiger partial charge is 0.457 e. The Labute approximate surface area is 220 Å². The van der Waals surface area contributed by atoms with Crippen molar-refractivity contribution in [3.05, 3.63) is 59.7 Å². The first kappa shape index (κ1) is 27.6. The van der Waals surface area contributed by atoms with Crippen LogP contribution in [-0.2, 0) is 15.1 Å². The van der Waals surface area contributed by atoms with E-state index in [9.17, 15) is 15.0 Å². The van der Waals surface area contributed by atoms with Crippen LogP contribution in [0.4, 0.5) is 0 Å². The lowest BCUT2D eigenvalue weighted by atomic mass is 9.73. The number of hydrogen-bond acceptors (Lipinski definition) is 6. The third-order valence-corrected chi connectivity index (χ3v) is 8.16. The normalized spacial score (nSPS) is 25.6. The number of methoxy groups -OCH3 is 1. The number of likely N-dealkylation sites (tertiary alicyclic amines) is 1. The molecule has 2 fully saturated rings. The molecule has 7 heteroatoms. The summed E-state index contributed by atoms with van der Waals surface area (Å²) in [7, 11) is 1.69. The van der Waals surface area contributed by atoms with Crippen LogP contribution < -0.4 is 10.5 Å². The molecule has 0 aromatic heterocycles. The highest BCUT2D eigenvalue weighted by molar-refractivity contribution is 5.79. The molecule has 202 valence electrons. The monoisotopic (exact) mass is 510 g/mol. The molecule has 0 spiro atoms. The minimum Gasteiger partial charge on any atom is -0.457 e. The van der Waals surface area contributed by atoms with E-state index in [0.29, 0.717) is 44.7 Å². The summed E-state index contributed by atoms with van der Waals surface area (Å²) in [4.78, 5) is 15.3. The van der Waals surface area contributed by atoms with E-state index in [1.807, 2.05) is 60.4 Å². The van der Waals surface area contributed by atoms with Crippen molar-refractivity contribution in [2.45, 2.75) is 69.6 Å². The summed E-state index contributed by atoms with van der Waals surface area (Å²) in [6.07, 6.45) is 4.10. The maximum Gasteiger partial charge on any atom is 0.225 e. The molecule has 1 saturated heterocycles. The van der Waals surface area contributed by atoms with Crippen LogP contribution in [0.1, 0.15) is 56.1 Å². The summed E-state index contributed by atoms with van der Waals surface area (Å²) in [5, 5.41) is 22.6. The Morgan fingerprint density at radius 1 is 1.11 bits per heavy atom. The fourth-order valence-corrected chi connectivity index (χ4v) is 5.98. The van der Waals surface area contributed by atoms with Gasteiger partial charge in [0.1, 0.15) is 11.5 Å². The van der Waals surface area contributed by atoms with Crippen molar-refractivity contribution in [3.63, 3.8) is 0 Å². The van der Waals surface area contributed by atoms with Gasteiger partial charge in [0.15, 0.2) is 0 Å². The topological polar surface area (TPSA) is 105 Å². The van der Waals surface area contributed by atoms with Gasteiger partial charge in [0.25, 0.3) is 0 Å². The van der Waals surface area contributed by atoms with Gasteiger partial charge in [0.05, 0.1) is 11.7 Å². The quantitative estimate of drug-likeness (QED) is 0.415. The van der Waals surface area contributed by atoms with Gasteiger partial charge in [-0.1, -0.05) is 36.4 Å². The molecule has 4 rings (SSSR count). The fraction of sp³-hybridized carbons (Fsp3) is 0.567. The van der Waals surface area contributed by atoms with Gasteiger partial charge in [-0.15, -0.1) is 0 Å². The van der Waals surface area contributed by atoms with Crippen LogP contribution >= 0.6 is 0 Å². The van der Waals surface area contributed by atoms with E-state index in [0.717, 1.165) is 42.6 Å². The van der Waals surface area contributed by atoms with E-state index in [1.165, 1.54) is 0 Å². The summed E-state index contributed by atoms with van der Waals surface area (Å²) in [5.41, 5.74) is 6.60. The molecule has 2 aliphatic rings. The van der Waals surface area contributed by atoms with Gasteiger partial charge in [0, 0.05) is 50.2 Å². The number of unbranched alkanes of at least 4 members (excludes halogenated alkanes) is 1. The Morgan fingerprint density at radius 3 is 2.54 bits per heavy atom.